The lowest BCUT2D eigenvalue weighted by atomic mass is 10.1. The summed E-state index contributed by atoms with van der Waals surface area (Å²) >= 11 is 0. The van der Waals surface area contributed by atoms with Crippen LogP contribution in [0.2, 0.25) is 0 Å². The van der Waals surface area contributed by atoms with Crippen LogP contribution in [0.3, 0.4) is 0 Å². The third-order valence-electron chi connectivity index (χ3n) is 2.65. The van der Waals surface area contributed by atoms with Gasteiger partial charge in [-0.1, -0.05) is 64.0 Å². The van der Waals surface area contributed by atoms with Gasteiger partial charge in [0.05, 0.1) is 6.26 Å². The van der Waals surface area contributed by atoms with Crippen molar-refractivity contribution in [1.29, 1.82) is 0 Å². The second-order valence-electron chi connectivity index (χ2n) is 4.19. The van der Waals surface area contributed by atoms with Crippen LogP contribution in [0.15, 0.2) is 24.5 Å². The van der Waals surface area contributed by atoms with Crippen molar-refractivity contribution < 1.29 is 4.74 Å². The Balaban J connectivity index is 3.03. The Labute approximate surface area is 102 Å². The molecule has 0 aromatic carbocycles. The van der Waals surface area contributed by atoms with Gasteiger partial charge in [0.25, 0.3) is 0 Å². The molecular formula is C15H27O. The number of unbranched alkanes of at least 4 members (excludes halogenated alkanes) is 8. The van der Waals surface area contributed by atoms with Crippen molar-refractivity contribution in [2.45, 2.75) is 64.7 Å². The molecule has 0 amide bonds. The van der Waals surface area contributed by atoms with E-state index < -0.39 is 0 Å². The summed E-state index contributed by atoms with van der Waals surface area (Å²) in [5, 5.41) is 0. The molecule has 0 aliphatic carbocycles. The Bertz CT molecular complexity index is 170. The van der Waals surface area contributed by atoms with Gasteiger partial charge < -0.3 is 4.74 Å². The minimum absolute atomic E-state index is 1.18. The van der Waals surface area contributed by atoms with E-state index in [1.165, 1.54) is 57.8 Å². The third-order valence-corrected chi connectivity index (χ3v) is 2.65. The normalized spacial score (nSPS) is 11.6. The Kier molecular flexibility index (Phi) is 13.6. The first-order valence-electron chi connectivity index (χ1n) is 6.64. The zero-order valence-corrected chi connectivity index (χ0v) is 10.8. The number of hydrogen-bond donors (Lipinski definition) is 0. The van der Waals surface area contributed by atoms with Crippen molar-refractivity contribution in [2.24, 2.45) is 0 Å². The van der Waals surface area contributed by atoms with Gasteiger partial charge in [0, 0.05) is 0 Å². The van der Waals surface area contributed by atoms with Crippen molar-refractivity contribution in [3.05, 3.63) is 31.6 Å². The van der Waals surface area contributed by atoms with E-state index in [0.717, 1.165) is 0 Å². The molecule has 0 rings (SSSR count). The van der Waals surface area contributed by atoms with E-state index in [-0.39, 0.29) is 0 Å². The van der Waals surface area contributed by atoms with Crippen LogP contribution in [-0.4, -0.2) is 0 Å². The summed E-state index contributed by atoms with van der Waals surface area (Å²) in [6, 6.07) is 0. The molecule has 0 aromatic heterocycles. The maximum Gasteiger partial charge on any atom is 0.121 e. The van der Waals surface area contributed by atoms with Gasteiger partial charge in [0.15, 0.2) is 0 Å². The SMILES string of the molecule is [CH2]OC=CC=CCCCCCCCCCC. The van der Waals surface area contributed by atoms with E-state index >= 15 is 0 Å². The molecule has 0 N–H and O–H groups in total. The molecule has 1 nitrogen and oxygen atoms in total. The van der Waals surface area contributed by atoms with E-state index in [9.17, 15) is 0 Å². The second-order valence-corrected chi connectivity index (χ2v) is 4.19. The average molecular weight is 223 g/mol. The first-order chi connectivity index (χ1) is 7.91. The zero-order valence-electron chi connectivity index (χ0n) is 10.8. The molecule has 16 heavy (non-hydrogen) atoms. The van der Waals surface area contributed by atoms with E-state index in [1.807, 2.05) is 12.2 Å². The molecule has 0 saturated heterocycles. The van der Waals surface area contributed by atoms with Gasteiger partial charge in [-0.2, -0.15) is 0 Å². The highest BCUT2D eigenvalue weighted by atomic mass is 16.5. The molecule has 0 atom stereocenters. The van der Waals surface area contributed by atoms with Crippen LogP contribution in [0.25, 0.3) is 0 Å². The highest BCUT2D eigenvalue weighted by Crippen LogP contribution is 2.09. The summed E-state index contributed by atoms with van der Waals surface area (Å²) in [5.41, 5.74) is 0. The maximum atomic E-state index is 4.55. The van der Waals surface area contributed by atoms with E-state index in [4.69, 9.17) is 0 Å². The van der Waals surface area contributed by atoms with Crippen LogP contribution in [-0.2, 0) is 4.74 Å². The van der Waals surface area contributed by atoms with Gasteiger partial charge in [0.1, 0.15) is 7.11 Å². The highest BCUT2D eigenvalue weighted by molar-refractivity contribution is 4.99. The van der Waals surface area contributed by atoms with E-state index in [0.29, 0.717) is 0 Å². The molecule has 1 heteroatoms. The summed E-state index contributed by atoms with van der Waals surface area (Å²) in [5.74, 6) is 0. The van der Waals surface area contributed by atoms with Crippen LogP contribution in [0.4, 0.5) is 0 Å². The Morgan fingerprint density at radius 3 is 2.12 bits per heavy atom. The number of allylic oxidation sites excluding steroid dienone is 3. The summed E-state index contributed by atoms with van der Waals surface area (Å²) in [7, 11) is 3.25. The molecule has 1 radical (unpaired) electrons. The largest absolute Gasteiger partial charge is 0.498 e. The Morgan fingerprint density at radius 2 is 1.50 bits per heavy atom. The number of hydrogen-bond acceptors (Lipinski definition) is 1. The molecule has 0 aromatic rings. The van der Waals surface area contributed by atoms with Gasteiger partial charge in [0.2, 0.25) is 0 Å². The smallest absolute Gasteiger partial charge is 0.121 e. The lowest BCUT2D eigenvalue weighted by Gasteiger charge is -1.99. The molecule has 0 heterocycles. The van der Waals surface area contributed by atoms with Crippen LogP contribution in [0.5, 0.6) is 0 Å². The first kappa shape index (κ1) is 15.3. The zero-order chi connectivity index (χ0) is 11.9. The summed E-state index contributed by atoms with van der Waals surface area (Å²) in [6.45, 7) is 2.26. The molecule has 0 aliphatic rings. The van der Waals surface area contributed by atoms with Gasteiger partial charge >= 0.3 is 0 Å². The molecule has 0 spiro atoms. The van der Waals surface area contributed by atoms with Crippen LogP contribution in [0.1, 0.15) is 64.7 Å². The lowest BCUT2D eigenvalue weighted by Crippen LogP contribution is -1.79. The summed E-state index contributed by atoms with van der Waals surface area (Å²) in [4.78, 5) is 0. The quantitative estimate of drug-likeness (QED) is 0.259. The predicted octanol–water partition coefficient (Wildman–Crippen LogP) is 5.40. The molecule has 0 aliphatic heterocycles. The maximum absolute atomic E-state index is 4.55. The predicted molar refractivity (Wildman–Crippen MR) is 71.9 cm³/mol. The van der Waals surface area contributed by atoms with Gasteiger partial charge in [-0.15, -0.1) is 0 Å². The molecule has 93 valence electrons. The Hall–Kier alpha value is -0.720. The third kappa shape index (κ3) is 13.3. The average Bonchev–Trinajstić information content (AvgIpc) is 2.31. The lowest BCUT2D eigenvalue weighted by molar-refractivity contribution is 0.394. The minimum atomic E-state index is 1.18. The molecule has 0 unspecified atom stereocenters. The molecule has 0 fully saturated rings. The first-order valence-corrected chi connectivity index (χ1v) is 6.64. The summed E-state index contributed by atoms with van der Waals surface area (Å²) < 4.78 is 4.55. The van der Waals surface area contributed by atoms with Crippen LogP contribution >= 0.6 is 0 Å². The van der Waals surface area contributed by atoms with Crippen molar-refractivity contribution in [1.82, 2.24) is 0 Å². The molecule has 0 saturated carbocycles. The monoisotopic (exact) mass is 223 g/mol. The van der Waals surface area contributed by atoms with Gasteiger partial charge in [-0.3, -0.25) is 0 Å². The Morgan fingerprint density at radius 1 is 0.875 bits per heavy atom. The van der Waals surface area contributed by atoms with Crippen molar-refractivity contribution >= 4 is 0 Å². The number of rotatable bonds is 11. The van der Waals surface area contributed by atoms with Crippen LogP contribution < -0.4 is 0 Å². The van der Waals surface area contributed by atoms with Crippen molar-refractivity contribution in [2.75, 3.05) is 0 Å². The number of ether oxygens (including phenoxy) is 1. The van der Waals surface area contributed by atoms with E-state index in [1.54, 1.807) is 6.26 Å². The fourth-order valence-electron chi connectivity index (χ4n) is 1.67. The van der Waals surface area contributed by atoms with Gasteiger partial charge in [-0.25, -0.2) is 0 Å². The fourth-order valence-corrected chi connectivity index (χ4v) is 1.67. The van der Waals surface area contributed by atoms with Crippen molar-refractivity contribution in [3.63, 3.8) is 0 Å². The van der Waals surface area contributed by atoms with Gasteiger partial charge in [-0.05, 0) is 18.9 Å². The minimum Gasteiger partial charge on any atom is -0.498 e. The molecule has 0 bridgehead atoms. The second kappa shape index (κ2) is 14.3. The van der Waals surface area contributed by atoms with Crippen molar-refractivity contribution in [3.8, 4) is 0 Å². The highest BCUT2D eigenvalue weighted by Gasteiger charge is 1.89. The standard InChI is InChI=1S/C15H27O/c1-3-4-5-6-7-8-9-10-11-12-13-14-15-16-2/h12-15H,2-11H2,1H3. The van der Waals surface area contributed by atoms with E-state index in [2.05, 4.69) is 24.8 Å². The summed E-state index contributed by atoms with van der Waals surface area (Å²) in [6.07, 6.45) is 19.9. The fraction of sp³-hybridized carbons (Fsp3) is 0.667. The topological polar surface area (TPSA) is 9.23 Å². The molecular weight excluding hydrogens is 196 g/mol. The van der Waals surface area contributed by atoms with Crippen LogP contribution in [0, 0.1) is 7.11 Å².